The van der Waals surface area contributed by atoms with E-state index in [1.165, 1.54) is 5.56 Å². The molecular weight excluding hydrogens is 228 g/mol. The minimum absolute atomic E-state index is 0.0523. The summed E-state index contributed by atoms with van der Waals surface area (Å²) >= 11 is 0. The van der Waals surface area contributed by atoms with Gasteiger partial charge in [-0.15, -0.1) is 0 Å². The third kappa shape index (κ3) is 1.88. The molecule has 1 saturated carbocycles. The summed E-state index contributed by atoms with van der Waals surface area (Å²) in [7, 11) is 1.63. The van der Waals surface area contributed by atoms with Crippen LogP contribution in [0.2, 0.25) is 0 Å². The van der Waals surface area contributed by atoms with Gasteiger partial charge in [0.1, 0.15) is 5.75 Å². The predicted octanol–water partition coefficient (Wildman–Crippen LogP) is 3.08. The van der Waals surface area contributed by atoms with Crippen molar-refractivity contribution in [3.63, 3.8) is 0 Å². The van der Waals surface area contributed by atoms with Gasteiger partial charge in [-0.2, -0.15) is 0 Å². The summed E-state index contributed by atoms with van der Waals surface area (Å²) in [6, 6.07) is 6.07. The maximum absolute atomic E-state index is 11.3. The molecule has 0 saturated heterocycles. The number of carboxylic acids is 1. The average molecular weight is 248 g/mol. The molecule has 0 spiro atoms. The summed E-state index contributed by atoms with van der Waals surface area (Å²) in [6.07, 6.45) is 0.946. The number of rotatable bonds is 4. The third-order valence-electron chi connectivity index (χ3n) is 4.13. The zero-order chi connectivity index (χ0) is 13.5. The molecule has 2 rings (SSSR count). The molecule has 1 aromatic rings. The van der Waals surface area contributed by atoms with Gasteiger partial charge in [0.15, 0.2) is 0 Å². The molecule has 2 atom stereocenters. The van der Waals surface area contributed by atoms with E-state index in [1.54, 1.807) is 7.11 Å². The van der Waals surface area contributed by atoms with Crippen molar-refractivity contribution in [2.75, 3.05) is 7.11 Å². The van der Waals surface area contributed by atoms with Crippen LogP contribution in [0.25, 0.3) is 0 Å². The van der Waals surface area contributed by atoms with Gasteiger partial charge in [-0.25, -0.2) is 0 Å². The van der Waals surface area contributed by atoms with Gasteiger partial charge in [0, 0.05) is 5.92 Å². The van der Waals surface area contributed by atoms with Crippen molar-refractivity contribution in [3.8, 4) is 5.75 Å². The van der Waals surface area contributed by atoms with Crippen molar-refractivity contribution in [1.82, 2.24) is 0 Å². The van der Waals surface area contributed by atoms with Crippen LogP contribution in [-0.4, -0.2) is 18.2 Å². The summed E-state index contributed by atoms with van der Waals surface area (Å²) in [5.74, 6) is -0.169. The Morgan fingerprint density at radius 3 is 2.56 bits per heavy atom. The number of benzene rings is 1. The molecule has 0 radical (unpaired) electrons. The van der Waals surface area contributed by atoms with Gasteiger partial charge in [-0.3, -0.25) is 4.79 Å². The highest BCUT2D eigenvalue weighted by molar-refractivity contribution is 5.78. The summed E-state index contributed by atoms with van der Waals surface area (Å²) in [4.78, 5) is 11.3. The number of aliphatic carboxylic acids is 1. The van der Waals surface area contributed by atoms with Crippen molar-refractivity contribution in [2.45, 2.75) is 33.1 Å². The van der Waals surface area contributed by atoms with Gasteiger partial charge in [-0.05, 0) is 29.0 Å². The van der Waals surface area contributed by atoms with Crippen LogP contribution < -0.4 is 4.74 Å². The Hall–Kier alpha value is -1.51. The Morgan fingerprint density at radius 1 is 1.44 bits per heavy atom. The molecule has 3 nitrogen and oxygen atoms in total. The molecule has 1 aromatic carbocycles. The Kier molecular flexibility index (Phi) is 3.09. The lowest BCUT2D eigenvalue weighted by atomic mass is 9.99. The smallest absolute Gasteiger partial charge is 0.307 e. The molecule has 0 aromatic heterocycles. The van der Waals surface area contributed by atoms with Gasteiger partial charge in [-0.1, -0.05) is 32.9 Å². The molecule has 1 aliphatic carbocycles. The fourth-order valence-corrected chi connectivity index (χ4v) is 2.93. The lowest BCUT2D eigenvalue weighted by molar-refractivity contribution is -0.139. The van der Waals surface area contributed by atoms with E-state index < -0.39 is 5.97 Å². The lowest BCUT2D eigenvalue weighted by Gasteiger charge is -2.11. The SMILES string of the molecule is CCc1ccc(OC)c(C2C(C(=O)O)C2(C)C)c1. The summed E-state index contributed by atoms with van der Waals surface area (Å²) in [6.45, 7) is 6.11. The van der Waals surface area contributed by atoms with E-state index >= 15 is 0 Å². The zero-order valence-electron chi connectivity index (χ0n) is 11.4. The second-order valence-corrected chi connectivity index (χ2v) is 5.54. The third-order valence-corrected chi connectivity index (χ3v) is 4.13. The molecule has 0 amide bonds. The standard InChI is InChI=1S/C15H20O3/c1-5-9-6-7-11(18-4)10(8-9)12-13(14(16)17)15(12,2)3/h6-8,12-13H,5H2,1-4H3,(H,16,17). The van der Waals surface area contributed by atoms with Crippen LogP contribution in [-0.2, 0) is 11.2 Å². The van der Waals surface area contributed by atoms with Crippen molar-refractivity contribution >= 4 is 5.97 Å². The Bertz CT molecular complexity index is 477. The van der Waals surface area contributed by atoms with E-state index in [0.29, 0.717) is 0 Å². The maximum Gasteiger partial charge on any atom is 0.307 e. The Morgan fingerprint density at radius 2 is 2.11 bits per heavy atom. The quantitative estimate of drug-likeness (QED) is 0.890. The average Bonchev–Trinajstić information content (AvgIpc) is 2.91. The molecule has 3 heteroatoms. The topological polar surface area (TPSA) is 46.5 Å². The van der Waals surface area contributed by atoms with E-state index in [-0.39, 0.29) is 17.3 Å². The predicted molar refractivity (Wildman–Crippen MR) is 70.0 cm³/mol. The number of methoxy groups -OCH3 is 1. The molecule has 1 aliphatic rings. The minimum atomic E-state index is -0.714. The minimum Gasteiger partial charge on any atom is -0.496 e. The highest BCUT2D eigenvalue weighted by atomic mass is 16.5. The second kappa shape index (κ2) is 4.30. The molecule has 1 fully saturated rings. The van der Waals surface area contributed by atoms with Crippen molar-refractivity contribution < 1.29 is 14.6 Å². The number of carbonyl (C=O) groups is 1. The molecular formula is C15H20O3. The van der Waals surface area contributed by atoms with Gasteiger partial charge < -0.3 is 9.84 Å². The number of carboxylic acid groups (broad SMARTS) is 1. The van der Waals surface area contributed by atoms with Gasteiger partial charge >= 0.3 is 5.97 Å². The van der Waals surface area contributed by atoms with E-state index in [9.17, 15) is 9.90 Å². The van der Waals surface area contributed by atoms with E-state index in [0.717, 1.165) is 17.7 Å². The van der Waals surface area contributed by atoms with Crippen LogP contribution in [0.1, 0.15) is 37.8 Å². The number of aryl methyl sites for hydroxylation is 1. The summed E-state index contributed by atoms with van der Waals surface area (Å²) in [5, 5.41) is 9.27. The maximum atomic E-state index is 11.3. The van der Waals surface area contributed by atoms with Crippen molar-refractivity contribution in [1.29, 1.82) is 0 Å². The van der Waals surface area contributed by atoms with Gasteiger partial charge in [0.2, 0.25) is 0 Å². The first-order chi connectivity index (χ1) is 8.43. The molecule has 1 N–H and O–H groups in total. The first kappa shape index (κ1) is 12.9. The van der Waals surface area contributed by atoms with E-state index in [2.05, 4.69) is 13.0 Å². The van der Waals surface area contributed by atoms with Crippen LogP contribution in [0.4, 0.5) is 0 Å². The normalized spacial score (nSPS) is 24.7. The number of hydrogen-bond acceptors (Lipinski definition) is 2. The van der Waals surface area contributed by atoms with Crippen LogP contribution in [0, 0.1) is 11.3 Å². The molecule has 0 aliphatic heterocycles. The highest BCUT2D eigenvalue weighted by Gasteiger charge is 2.63. The van der Waals surface area contributed by atoms with Crippen molar-refractivity contribution in [2.24, 2.45) is 11.3 Å². The summed E-state index contributed by atoms with van der Waals surface area (Å²) in [5.41, 5.74) is 2.07. The van der Waals surface area contributed by atoms with Crippen LogP contribution in [0.5, 0.6) is 5.75 Å². The molecule has 0 heterocycles. The van der Waals surface area contributed by atoms with Gasteiger partial charge in [0.25, 0.3) is 0 Å². The van der Waals surface area contributed by atoms with E-state index in [4.69, 9.17) is 4.74 Å². The zero-order valence-corrected chi connectivity index (χ0v) is 11.4. The van der Waals surface area contributed by atoms with E-state index in [1.807, 2.05) is 26.0 Å². The fourth-order valence-electron chi connectivity index (χ4n) is 2.93. The fraction of sp³-hybridized carbons (Fsp3) is 0.533. The first-order valence-corrected chi connectivity index (χ1v) is 6.33. The Balaban J connectivity index is 2.42. The van der Waals surface area contributed by atoms with Gasteiger partial charge in [0.05, 0.1) is 13.0 Å². The molecule has 98 valence electrons. The van der Waals surface area contributed by atoms with Crippen LogP contribution in [0.3, 0.4) is 0 Å². The summed E-state index contributed by atoms with van der Waals surface area (Å²) < 4.78 is 5.37. The molecule has 2 unspecified atom stereocenters. The monoisotopic (exact) mass is 248 g/mol. The highest BCUT2D eigenvalue weighted by Crippen LogP contribution is 2.65. The number of ether oxygens (including phenoxy) is 1. The van der Waals surface area contributed by atoms with Crippen molar-refractivity contribution in [3.05, 3.63) is 29.3 Å². The molecule has 0 bridgehead atoms. The van der Waals surface area contributed by atoms with Crippen LogP contribution >= 0.6 is 0 Å². The van der Waals surface area contributed by atoms with Crippen LogP contribution in [0.15, 0.2) is 18.2 Å². The number of hydrogen-bond donors (Lipinski definition) is 1. The lowest BCUT2D eigenvalue weighted by Crippen LogP contribution is -2.03. The largest absolute Gasteiger partial charge is 0.496 e. The Labute approximate surface area is 108 Å². The molecule has 18 heavy (non-hydrogen) atoms. The second-order valence-electron chi connectivity index (χ2n) is 5.54. The first-order valence-electron chi connectivity index (χ1n) is 6.33.